The van der Waals surface area contributed by atoms with Crippen LogP contribution in [0.2, 0.25) is 0 Å². The minimum atomic E-state index is -0.284. The van der Waals surface area contributed by atoms with E-state index < -0.39 is 0 Å². The van der Waals surface area contributed by atoms with Crippen LogP contribution in [-0.2, 0) is 7.05 Å². The number of hydrogen-bond donors (Lipinski definition) is 2. The van der Waals surface area contributed by atoms with Gasteiger partial charge in [0.15, 0.2) is 11.5 Å². The van der Waals surface area contributed by atoms with Gasteiger partial charge in [-0.15, -0.1) is 0 Å². The number of benzene rings is 1. The number of nitrogens with one attached hydrogen (secondary N) is 1. The van der Waals surface area contributed by atoms with Crippen molar-refractivity contribution in [3.8, 4) is 11.5 Å². The summed E-state index contributed by atoms with van der Waals surface area (Å²) in [6.45, 7) is 0.971. The average molecular weight is 274 g/mol. The molecule has 0 radical (unpaired) electrons. The molecule has 2 aromatic rings. The summed E-state index contributed by atoms with van der Waals surface area (Å²) in [6, 6.07) is 3.31. The summed E-state index contributed by atoms with van der Waals surface area (Å²) >= 11 is 0. The molecule has 7 nitrogen and oxygen atoms in total. The van der Waals surface area contributed by atoms with Gasteiger partial charge in [0.1, 0.15) is 18.9 Å². The zero-order valence-electron chi connectivity index (χ0n) is 10.9. The van der Waals surface area contributed by atoms with Gasteiger partial charge in [-0.1, -0.05) is 0 Å². The highest BCUT2D eigenvalue weighted by atomic mass is 16.6. The highest BCUT2D eigenvalue weighted by molar-refractivity contribution is 6.04. The van der Waals surface area contributed by atoms with Gasteiger partial charge in [0.05, 0.1) is 23.9 Å². The summed E-state index contributed by atoms with van der Waals surface area (Å²) < 4.78 is 12.5. The maximum absolute atomic E-state index is 12.1. The second kappa shape index (κ2) is 4.76. The van der Waals surface area contributed by atoms with Gasteiger partial charge in [-0.05, 0) is 0 Å². The minimum Gasteiger partial charge on any atom is -0.486 e. The third kappa shape index (κ3) is 2.13. The van der Waals surface area contributed by atoms with E-state index in [1.165, 1.54) is 6.20 Å². The molecule has 7 heteroatoms. The fourth-order valence-corrected chi connectivity index (χ4v) is 1.98. The first kappa shape index (κ1) is 12.3. The standard InChI is InChI=1S/C13H14N4O3/c1-17-7-15-6-10(17)13(18)16-9-5-12-11(4-8(9)14)19-2-3-20-12/h4-7H,2-3,14H2,1H3,(H,16,18). The molecule has 20 heavy (non-hydrogen) atoms. The number of rotatable bonds is 2. The first-order valence-electron chi connectivity index (χ1n) is 6.12. The minimum absolute atomic E-state index is 0.284. The van der Waals surface area contributed by atoms with Crippen molar-refractivity contribution < 1.29 is 14.3 Å². The van der Waals surface area contributed by atoms with Gasteiger partial charge < -0.3 is 25.1 Å². The van der Waals surface area contributed by atoms with Gasteiger partial charge in [-0.25, -0.2) is 4.98 Å². The van der Waals surface area contributed by atoms with Gasteiger partial charge >= 0.3 is 0 Å². The number of imidazole rings is 1. The smallest absolute Gasteiger partial charge is 0.273 e. The van der Waals surface area contributed by atoms with Gasteiger partial charge in [0.25, 0.3) is 5.91 Å². The zero-order chi connectivity index (χ0) is 14.1. The molecule has 1 amide bonds. The number of aryl methyl sites for hydroxylation is 1. The van der Waals surface area contributed by atoms with Crippen LogP contribution in [0.15, 0.2) is 24.7 Å². The van der Waals surface area contributed by atoms with Crippen molar-refractivity contribution in [2.24, 2.45) is 7.05 Å². The van der Waals surface area contributed by atoms with Crippen molar-refractivity contribution in [1.82, 2.24) is 9.55 Å². The van der Waals surface area contributed by atoms with E-state index in [0.29, 0.717) is 41.8 Å². The number of carbonyl (C=O) groups is 1. The summed E-state index contributed by atoms with van der Waals surface area (Å²) in [7, 11) is 1.75. The summed E-state index contributed by atoms with van der Waals surface area (Å²) in [5.74, 6) is 0.881. The summed E-state index contributed by atoms with van der Waals surface area (Å²) in [5.41, 5.74) is 7.26. The van der Waals surface area contributed by atoms with Crippen LogP contribution in [0.25, 0.3) is 0 Å². The summed E-state index contributed by atoms with van der Waals surface area (Å²) in [6.07, 6.45) is 3.05. The van der Waals surface area contributed by atoms with E-state index in [0.717, 1.165) is 0 Å². The zero-order valence-corrected chi connectivity index (χ0v) is 10.9. The number of fused-ring (bicyclic) bond motifs is 1. The Bertz CT molecular complexity index is 666. The maximum Gasteiger partial charge on any atom is 0.273 e. The van der Waals surface area contributed by atoms with E-state index in [1.807, 2.05) is 0 Å². The second-order valence-electron chi connectivity index (χ2n) is 4.43. The quantitative estimate of drug-likeness (QED) is 0.798. The van der Waals surface area contributed by atoms with Crippen molar-refractivity contribution in [2.75, 3.05) is 24.3 Å². The molecule has 0 fully saturated rings. The molecule has 0 spiro atoms. The molecule has 0 saturated carbocycles. The number of hydrogen-bond acceptors (Lipinski definition) is 5. The molecule has 3 N–H and O–H groups in total. The van der Waals surface area contributed by atoms with Crippen LogP contribution in [-0.4, -0.2) is 28.7 Å². The summed E-state index contributed by atoms with van der Waals surface area (Å²) in [4.78, 5) is 16.0. The molecule has 0 aliphatic carbocycles. The van der Waals surface area contributed by atoms with Crippen LogP contribution in [0, 0.1) is 0 Å². The molecule has 104 valence electrons. The number of anilines is 2. The molecule has 0 atom stereocenters. The number of nitrogens with two attached hydrogens (primary N) is 1. The first-order chi connectivity index (χ1) is 9.65. The molecule has 1 aromatic carbocycles. The molecule has 0 saturated heterocycles. The molecule has 2 heterocycles. The Morgan fingerprint density at radius 1 is 1.35 bits per heavy atom. The van der Waals surface area contributed by atoms with E-state index in [2.05, 4.69) is 10.3 Å². The van der Waals surface area contributed by atoms with Crippen molar-refractivity contribution in [3.05, 3.63) is 30.4 Å². The van der Waals surface area contributed by atoms with E-state index in [9.17, 15) is 4.79 Å². The summed E-state index contributed by atoms with van der Waals surface area (Å²) in [5, 5.41) is 2.74. The number of carbonyl (C=O) groups excluding carboxylic acids is 1. The molecule has 1 aliphatic rings. The lowest BCUT2D eigenvalue weighted by Crippen LogP contribution is -2.18. The molecular formula is C13H14N4O3. The lowest BCUT2D eigenvalue weighted by molar-refractivity contribution is 0.101. The van der Waals surface area contributed by atoms with Crippen LogP contribution in [0.4, 0.5) is 11.4 Å². The second-order valence-corrected chi connectivity index (χ2v) is 4.43. The van der Waals surface area contributed by atoms with Crippen LogP contribution in [0.1, 0.15) is 10.5 Å². The Kier molecular flexibility index (Phi) is 2.94. The van der Waals surface area contributed by atoms with Crippen LogP contribution >= 0.6 is 0 Å². The van der Waals surface area contributed by atoms with Gasteiger partial charge in [-0.3, -0.25) is 4.79 Å². The number of nitrogen functional groups attached to an aromatic ring is 1. The van der Waals surface area contributed by atoms with Crippen molar-refractivity contribution in [2.45, 2.75) is 0 Å². The van der Waals surface area contributed by atoms with E-state index in [-0.39, 0.29) is 5.91 Å². The maximum atomic E-state index is 12.1. The van der Waals surface area contributed by atoms with Crippen molar-refractivity contribution in [3.63, 3.8) is 0 Å². The Balaban J connectivity index is 1.87. The van der Waals surface area contributed by atoms with Crippen LogP contribution in [0.3, 0.4) is 0 Å². The van der Waals surface area contributed by atoms with Crippen LogP contribution in [0.5, 0.6) is 11.5 Å². The number of ether oxygens (including phenoxy) is 2. The third-order valence-electron chi connectivity index (χ3n) is 3.01. The molecular weight excluding hydrogens is 260 g/mol. The van der Waals surface area contributed by atoms with Crippen molar-refractivity contribution in [1.29, 1.82) is 0 Å². The molecule has 1 aromatic heterocycles. The fraction of sp³-hybridized carbons (Fsp3) is 0.231. The average Bonchev–Trinajstić information content (AvgIpc) is 2.86. The predicted molar refractivity (Wildman–Crippen MR) is 73.0 cm³/mol. The molecule has 0 unspecified atom stereocenters. The van der Waals surface area contributed by atoms with E-state index in [1.54, 1.807) is 30.1 Å². The Hall–Kier alpha value is -2.70. The number of aromatic nitrogens is 2. The Morgan fingerprint density at radius 2 is 2.05 bits per heavy atom. The normalized spacial score (nSPS) is 13.1. The highest BCUT2D eigenvalue weighted by Gasteiger charge is 2.17. The highest BCUT2D eigenvalue weighted by Crippen LogP contribution is 2.37. The molecule has 0 bridgehead atoms. The predicted octanol–water partition coefficient (Wildman–Crippen LogP) is 1.03. The SMILES string of the molecule is Cn1cncc1C(=O)Nc1cc2c(cc1N)OCCO2. The lowest BCUT2D eigenvalue weighted by Gasteiger charge is -2.20. The monoisotopic (exact) mass is 274 g/mol. The Morgan fingerprint density at radius 3 is 2.70 bits per heavy atom. The number of nitrogens with zero attached hydrogens (tertiary/aromatic N) is 2. The molecule has 1 aliphatic heterocycles. The Labute approximate surface area is 115 Å². The lowest BCUT2D eigenvalue weighted by atomic mass is 10.2. The topological polar surface area (TPSA) is 91.4 Å². The van der Waals surface area contributed by atoms with Gasteiger partial charge in [0.2, 0.25) is 0 Å². The van der Waals surface area contributed by atoms with Crippen molar-refractivity contribution >= 4 is 17.3 Å². The van der Waals surface area contributed by atoms with E-state index >= 15 is 0 Å². The fourth-order valence-electron chi connectivity index (χ4n) is 1.98. The van der Waals surface area contributed by atoms with Crippen LogP contribution < -0.4 is 20.5 Å². The largest absolute Gasteiger partial charge is 0.486 e. The van der Waals surface area contributed by atoms with E-state index in [4.69, 9.17) is 15.2 Å². The third-order valence-corrected chi connectivity index (χ3v) is 3.01. The number of amides is 1. The molecule has 3 rings (SSSR count). The van der Waals surface area contributed by atoms with Gasteiger partial charge in [0, 0.05) is 19.2 Å². The van der Waals surface area contributed by atoms with Gasteiger partial charge in [-0.2, -0.15) is 0 Å². The first-order valence-corrected chi connectivity index (χ1v) is 6.12.